The van der Waals surface area contributed by atoms with Crippen molar-refractivity contribution in [1.29, 1.82) is 0 Å². The SMILES string of the molecule is CC(CC(=O)O)SCc1ccco1. The lowest BCUT2D eigenvalue weighted by Gasteiger charge is -2.05. The Balaban J connectivity index is 2.22. The molecule has 1 N–H and O–H groups in total. The number of carbonyl (C=O) groups is 1. The molecule has 0 aromatic carbocycles. The highest BCUT2D eigenvalue weighted by atomic mass is 32.2. The minimum Gasteiger partial charge on any atom is -0.481 e. The molecule has 1 heterocycles. The summed E-state index contributed by atoms with van der Waals surface area (Å²) in [6.07, 6.45) is 1.82. The predicted molar refractivity (Wildman–Crippen MR) is 51.7 cm³/mol. The number of furan rings is 1. The first-order valence-electron chi connectivity index (χ1n) is 4.04. The second-order valence-corrected chi connectivity index (χ2v) is 4.23. The van der Waals surface area contributed by atoms with Gasteiger partial charge in [0, 0.05) is 5.25 Å². The van der Waals surface area contributed by atoms with Crippen LogP contribution in [0.2, 0.25) is 0 Å². The fourth-order valence-corrected chi connectivity index (χ4v) is 1.80. The van der Waals surface area contributed by atoms with Gasteiger partial charge in [0.15, 0.2) is 0 Å². The zero-order chi connectivity index (χ0) is 9.68. The average molecular weight is 200 g/mol. The number of carboxylic acids is 1. The molecular weight excluding hydrogens is 188 g/mol. The fraction of sp³-hybridized carbons (Fsp3) is 0.444. The van der Waals surface area contributed by atoms with Crippen LogP contribution < -0.4 is 0 Å². The van der Waals surface area contributed by atoms with E-state index in [0.717, 1.165) is 11.5 Å². The minimum absolute atomic E-state index is 0.127. The molecule has 1 unspecified atom stereocenters. The number of rotatable bonds is 5. The fourth-order valence-electron chi connectivity index (χ4n) is 0.924. The first kappa shape index (κ1) is 10.2. The first-order valence-corrected chi connectivity index (χ1v) is 5.09. The lowest BCUT2D eigenvalue weighted by atomic mass is 10.3. The van der Waals surface area contributed by atoms with Crippen molar-refractivity contribution in [3.8, 4) is 0 Å². The van der Waals surface area contributed by atoms with Gasteiger partial charge < -0.3 is 9.52 Å². The Morgan fingerprint density at radius 3 is 3.08 bits per heavy atom. The van der Waals surface area contributed by atoms with Crippen molar-refractivity contribution >= 4 is 17.7 Å². The lowest BCUT2D eigenvalue weighted by molar-refractivity contribution is -0.136. The zero-order valence-corrected chi connectivity index (χ0v) is 8.21. The molecule has 0 aliphatic carbocycles. The van der Waals surface area contributed by atoms with Crippen LogP contribution >= 0.6 is 11.8 Å². The highest BCUT2D eigenvalue weighted by molar-refractivity contribution is 7.99. The van der Waals surface area contributed by atoms with E-state index in [1.807, 2.05) is 19.1 Å². The van der Waals surface area contributed by atoms with Gasteiger partial charge in [0.25, 0.3) is 0 Å². The van der Waals surface area contributed by atoms with Crippen molar-refractivity contribution in [2.45, 2.75) is 24.3 Å². The molecule has 0 spiro atoms. The number of thioether (sulfide) groups is 1. The van der Waals surface area contributed by atoms with Crippen LogP contribution in [0.5, 0.6) is 0 Å². The quantitative estimate of drug-likeness (QED) is 0.792. The maximum absolute atomic E-state index is 10.3. The largest absolute Gasteiger partial charge is 0.481 e. The van der Waals surface area contributed by atoms with Gasteiger partial charge in [-0.3, -0.25) is 4.79 Å². The lowest BCUT2D eigenvalue weighted by Crippen LogP contribution is -2.05. The Bertz CT molecular complexity index is 256. The molecule has 1 rings (SSSR count). The zero-order valence-electron chi connectivity index (χ0n) is 7.40. The van der Waals surface area contributed by atoms with E-state index in [9.17, 15) is 4.79 Å². The third-order valence-electron chi connectivity index (χ3n) is 1.55. The van der Waals surface area contributed by atoms with Gasteiger partial charge in [-0.2, -0.15) is 11.8 Å². The normalized spacial score (nSPS) is 12.7. The predicted octanol–water partition coefficient (Wildman–Crippen LogP) is 2.38. The monoisotopic (exact) mass is 200 g/mol. The summed E-state index contributed by atoms with van der Waals surface area (Å²) in [6, 6.07) is 3.72. The van der Waals surface area contributed by atoms with Gasteiger partial charge in [0.1, 0.15) is 5.76 Å². The van der Waals surface area contributed by atoms with Crippen molar-refractivity contribution in [3.63, 3.8) is 0 Å². The van der Waals surface area contributed by atoms with E-state index < -0.39 is 5.97 Å². The Labute approximate surface area is 81.1 Å². The maximum Gasteiger partial charge on any atom is 0.304 e. The molecule has 0 aliphatic heterocycles. The van der Waals surface area contributed by atoms with Crippen molar-refractivity contribution in [2.24, 2.45) is 0 Å². The summed E-state index contributed by atoms with van der Waals surface area (Å²) < 4.78 is 5.12. The van der Waals surface area contributed by atoms with E-state index in [4.69, 9.17) is 9.52 Å². The molecule has 72 valence electrons. The van der Waals surface area contributed by atoms with E-state index in [-0.39, 0.29) is 11.7 Å². The van der Waals surface area contributed by atoms with Gasteiger partial charge in [-0.1, -0.05) is 6.92 Å². The van der Waals surface area contributed by atoms with Crippen molar-refractivity contribution in [1.82, 2.24) is 0 Å². The molecule has 0 fully saturated rings. The Morgan fingerprint density at radius 2 is 2.54 bits per heavy atom. The molecule has 0 radical (unpaired) electrons. The third-order valence-corrected chi connectivity index (χ3v) is 2.74. The first-order chi connectivity index (χ1) is 6.18. The molecule has 1 aromatic rings. The Kier molecular flexibility index (Phi) is 3.89. The number of hydrogen-bond donors (Lipinski definition) is 1. The van der Waals surface area contributed by atoms with Gasteiger partial charge in [-0.25, -0.2) is 0 Å². The molecule has 3 nitrogen and oxygen atoms in total. The van der Waals surface area contributed by atoms with E-state index in [2.05, 4.69) is 0 Å². The standard InChI is InChI=1S/C9H12O3S/c1-7(5-9(10)11)13-6-8-3-2-4-12-8/h2-4,7H,5-6H2,1H3,(H,10,11). The van der Waals surface area contributed by atoms with Crippen LogP contribution in [-0.2, 0) is 10.5 Å². The van der Waals surface area contributed by atoms with Crippen LogP contribution in [0.15, 0.2) is 22.8 Å². The van der Waals surface area contributed by atoms with E-state index in [1.54, 1.807) is 18.0 Å². The number of hydrogen-bond acceptors (Lipinski definition) is 3. The second kappa shape index (κ2) is 4.97. The molecule has 0 bridgehead atoms. The van der Waals surface area contributed by atoms with Crippen molar-refractivity contribution in [3.05, 3.63) is 24.2 Å². The van der Waals surface area contributed by atoms with Crippen molar-refractivity contribution in [2.75, 3.05) is 0 Å². The highest BCUT2D eigenvalue weighted by Crippen LogP contribution is 2.19. The molecule has 0 saturated heterocycles. The molecule has 1 atom stereocenters. The summed E-state index contributed by atoms with van der Waals surface area (Å²) >= 11 is 1.59. The van der Waals surface area contributed by atoms with Gasteiger partial charge in [0.2, 0.25) is 0 Å². The molecule has 0 aliphatic rings. The summed E-state index contributed by atoms with van der Waals surface area (Å²) in [7, 11) is 0. The topological polar surface area (TPSA) is 50.4 Å². The van der Waals surface area contributed by atoms with E-state index in [1.165, 1.54) is 0 Å². The third kappa shape index (κ3) is 4.03. The summed E-state index contributed by atoms with van der Waals surface area (Å²) in [5.41, 5.74) is 0. The Hall–Kier alpha value is -0.900. The van der Waals surface area contributed by atoms with Gasteiger partial charge in [-0.05, 0) is 12.1 Å². The minimum atomic E-state index is -0.751. The summed E-state index contributed by atoms with van der Waals surface area (Å²) in [4.78, 5) is 10.3. The van der Waals surface area contributed by atoms with E-state index in [0.29, 0.717) is 0 Å². The van der Waals surface area contributed by atoms with Crippen LogP contribution in [0.3, 0.4) is 0 Å². The maximum atomic E-state index is 10.3. The molecular formula is C9H12O3S. The summed E-state index contributed by atoms with van der Waals surface area (Å²) in [5.74, 6) is 0.878. The Morgan fingerprint density at radius 1 is 1.77 bits per heavy atom. The molecule has 13 heavy (non-hydrogen) atoms. The van der Waals surface area contributed by atoms with Crippen LogP contribution in [0, 0.1) is 0 Å². The number of carboxylic acid groups (broad SMARTS) is 1. The van der Waals surface area contributed by atoms with Gasteiger partial charge in [0.05, 0.1) is 18.4 Å². The second-order valence-electron chi connectivity index (χ2n) is 2.80. The molecule has 4 heteroatoms. The molecule has 0 saturated carbocycles. The van der Waals surface area contributed by atoms with Crippen molar-refractivity contribution < 1.29 is 14.3 Å². The van der Waals surface area contributed by atoms with E-state index >= 15 is 0 Å². The highest BCUT2D eigenvalue weighted by Gasteiger charge is 2.08. The van der Waals surface area contributed by atoms with Crippen LogP contribution in [-0.4, -0.2) is 16.3 Å². The van der Waals surface area contributed by atoms with Gasteiger partial charge >= 0.3 is 5.97 Å². The molecule has 0 amide bonds. The molecule has 1 aromatic heterocycles. The van der Waals surface area contributed by atoms with Crippen LogP contribution in [0.25, 0.3) is 0 Å². The summed E-state index contributed by atoms with van der Waals surface area (Å²) in [5, 5.41) is 8.63. The smallest absolute Gasteiger partial charge is 0.304 e. The van der Waals surface area contributed by atoms with Crippen LogP contribution in [0.4, 0.5) is 0 Å². The number of aliphatic carboxylic acids is 1. The summed E-state index contributed by atoms with van der Waals surface area (Å²) in [6.45, 7) is 1.90. The van der Waals surface area contributed by atoms with Crippen LogP contribution in [0.1, 0.15) is 19.1 Å². The average Bonchev–Trinajstić information content (AvgIpc) is 2.51. The van der Waals surface area contributed by atoms with Gasteiger partial charge in [-0.15, -0.1) is 0 Å².